The summed E-state index contributed by atoms with van der Waals surface area (Å²) in [7, 11) is 1.63. The molecule has 144 valence electrons. The number of halogens is 1. The van der Waals surface area contributed by atoms with E-state index in [-0.39, 0.29) is 11.7 Å². The highest BCUT2D eigenvalue weighted by atomic mass is 19.1. The number of carbonyl (C=O) groups is 1. The van der Waals surface area contributed by atoms with Gasteiger partial charge >= 0.3 is 0 Å². The summed E-state index contributed by atoms with van der Waals surface area (Å²) in [6.45, 7) is 0.791. The number of methoxy groups -OCH3 is 1. The Labute approximate surface area is 163 Å². The normalized spacial score (nSPS) is 10.4. The fourth-order valence-corrected chi connectivity index (χ4v) is 2.82. The highest BCUT2D eigenvalue weighted by Crippen LogP contribution is 2.17. The molecule has 1 amide bonds. The molecule has 0 saturated carbocycles. The standard InChI is InChI=1S/C22H22FN3O2/c1-28-21-9-5-3-6-16(21)10-11-25-22(27)18-12-19(15-24-13-18)26-14-17-7-2-4-8-20(17)23/h2-9,12-13,15,26H,10-11,14H2,1H3,(H,25,27). The van der Waals surface area contributed by atoms with Gasteiger partial charge in [0.25, 0.3) is 5.91 Å². The number of anilines is 1. The minimum absolute atomic E-state index is 0.211. The number of ether oxygens (including phenoxy) is 1. The topological polar surface area (TPSA) is 63.2 Å². The van der Waals surface area contributed by atoms with Crippen molar-refractivity contribution in [2.24, 2.45) is 0 Å². The molecule has 0 bridgehead atoms. The van der Waals surface area contributed by atoms with Crippen LogP contribution in [0.2, 0.25) is 0 Å². The molecule has 0 aliphatic carbocycles. The van der Waals surface area contributed by atoms with Crippen molar-refractivity contribution in [1.29, 1.82) is 0 Å². The van der Waals surface area contributed by atoms with Gasteiger partial charge < -0.3 is 15.4 Å². The monoisotopic (exact) mass is 379 g/mol. The van der Waals surface area contributed by atoms with Crippen molar-refractivity contribution in [3.05, 3.63) is 89.5 Å². The third-order valence-corrected chi connectivity index (χ3v) is 4.31. The molecule has 6 heteroatoms. The lowest BCUT2D eigenvalue weighted by molar-refractivity contribution is 0.0953. The molecule has 0 fully saturated rings. The van der Waals surface area contributed by atoms with Crippen molar-refractivity contribution < 1.29 is 13.9 Å². The van der Waals surface area contributed by atoms with E-state index in [9.17, 15) is 9.18 Å². The molecule has 0 aliphatic rings. The molecular weight excluding hydrogens is 357 g/mol. The first-order valence-electron chi connectivity index (χ1n) is 9.00. The highest BCUT2D eigenvalue weighted by Gasteiger charge is 2.08. The van der Waals surface area contributed by atoms with E-state index in [0.29, 0.717) is 36.3 Å². The van der Waals surface area contributed by atoms with Crippen LogP contribution in [0.3, 0.4) is 0 Å². The lowest BCUT2D eigenvalue weighted by atomic mass is 10.1. The average Bonchev–Trinajstić information content (AvgIpc) is 2.73. The van der Waals surface area contributed by atoms with Gasteiger partial charge in [-0.2, -0.15) is 0 Å². The van der Waals surface area contributed by atoms with Gasteiger partial charge in [-0.15, -0.1) is 0 Å². The van der Waals surface area contributed by atoms with Gasteiger partial charge in [0.15, 0.2) is 0 Å². The molecule has 3 rings (SSSR count). The van der Waals surface area contributed by atoms with Crippen LogP contribution in [-0.2, 0) is 13.0 Å². The van der Waals surface area contributed by atoms with E-state index >= 15 is 0 Å². The van der Waals surface area contributed by atoms with Crippen LogP contribution in [0.4, 0.5) is 10.1 Å². The SMILES string of the molecule is COc1ccccc1CCNC(=O)c1cncc(NCc2ccccc2F)c1. The smallest absolute Gasteiger partial charge is 0.252 e. The number of hydrogen-bond donors (Lipinski definition) is 2. The summed E-state index contributed by atoms with van der Waals surface area (Å²) in [5.74, 6) is 0.322. The van der Waals surface area contributed by atoms with Crippen LogP contribution < -0.4 is 15.4 Å². The number of nitrogens with zero attached hydrogens (tertiary/aromatic N) is 1. The number of rotatable bonds is 8. The van der Waals surface area contributed by atoms with E-state index in [1.807, 2.05) is 24.3 Å². The van der Waals surface area contributed by atoms with Crippen LogP contribution in [0.15, 0.2) is 67.0 Å². The van der Waals surface area contributed by atoms with Crippen molar-refractivity contribution in [3.63, 3.8) is 0 Å². The van der Waals surface area contributed by atoms with Crippen molar-refractivity contribution in [1.82, 2.24) is 10.3 Å². The van der Waals surface area contributed by atoms with Gasteiger partial charge in [0.2, 0.25) is 0 Å². The van der Waals surface area contributed by atoms with Gasteiger partial charge in [-0.3, -0.25) is 9.78 Å². The third-order valence-electron chi connectivity index (χ3n) is 4.31. The van der Waals surface area contributed by atoms with Gasteiger partial charge in [-0.05, 0) is 30.2 Å². The van der Waals surface area contributed by atoms with Crippen LogP contribution in [0.1, 0.15) is 21.5 Å². The summed E-state index contributed by atoms with van der Waals surface area (Å²) in [6.07, 6.45) is 3.77. The predicted molar refractivity (Wildman–Crippen MR) is 107 cm³/mol. The molecule has 0 radical (unpaired) electrons. The van der Waals surface area contributed by atoms with Crippen LogP contribution in [0.25, 0.3) is 0 Å². The summed E-state index contributed by atoms with van der Waals surface area (Å²) in [6, 6.07) is 16.0. The highest BCUT2D eigenvalue weighted by molar-refractivity contribution is 5.94. The van der Waals surface area contributed by atoms with Gasteiger partial charge in [0.1, 0.15) is 11.6 Å². The molecule has 28 heavy (non-hydrogen) atoms. The van der Waals surface area contributed by atoms with Crippen molar-refractivity contribution in [3.8, 4) is 5.75 Å². The molecule has 0 aliphatic heterocycles. The number of para-hydroxylation sites is 1. The summed E-state index contributed by atoms with van der Waals surface area (Å²) in [5, 5.41) is 5.98. The zero-order chi connectivity index (χ0) is 19.8. The lowest BCUT2D eigenvalue weighted by Crippen LogP contribution is -2.26. The quantitative estimate of drug-likeness (QED) is 0.625. The Morgan fingerprint density at radius 1 is 1.07 bits per heavy atom. The van der Waals surface area contributed by atoms with E-state index in [4.69, 9.17) is 4.74 Å². The largest absolute Gasteiger partial charge is 0.496 e. The van der Waals surface area contributed by atoms with E-state index < -0.39 is 0 Å². The molecule has 0 unspecified atom stereocenters. The number of benzene rings is 2. The number of pyridine rings is 1. The second-order valence-corrected chi connectivity index (χ2v) is 6.23. The molecule has 3 aromatic rings. The zero-order valence-electron chi connectivity index (χ0n) is 15.6. The maximum absolute atomic E-state index is 13.7. The molecule has 1 heterocycles. The van der Waals surface area contributed by atoms with Gasteiger partial charge in [0.05, 0.1) is 18.4 Å². The van der Waals surface area contributed by atoms with E-state index in [1.165, 1.54) is 12.3 Å². The fraction of sp³-hybridized carbons (Fsp3) is 0.182. The molecule has 2 aromatic carbocycles. The van der Waals surface area contributed by atoms with Crippen LogP contribution in [0, 0.1) is 5.82 Å². The zero-order valence-corrected chi connectivity index (χ0v) is 15.6. The first-order chi connectivity index (χ1) is 13.7. The minimum atomic E-state index is -0.270. The maximum atomic E-state index is 13.7. The van der Waals surface area contributed by atoms with Gasteiger partial charge in [-0.1, -0.05) is 36.4 Å². The Morgan fingerprint density at radius 3 is 2.61 bits per heavy atom. The fourth-order valence-electron chi connectivity index (χ4n) is 2.82. The Bertz CT molecular complexity index is 946. The Kier molecular flexibility index (Phi) is 6.57. The number of carbonyl (C=O) groups excluding carboxylic acids is 1. The third kappa shape index (κ3) is 5.07. The molecular formula is C22H22FN3O2. The molecule has 0 saturated heterocycles. The molecule has 5 nitrogen and oxygen atoms in total. The van der Waals surface area contributed by atoms with Crippen molar-refractivity contribution in [2.45, 2.75) is 13.0 Å². The summed E-state index contributed by atoms with van der Waals surface area (Å²) >= 11 is 0. The lowest BCUT2D eigenvalue weighted by Gasteiger charge is -2.10. The first-order valence-corrected chi connectivity index (χ1v) is 9.00. The number of nitrogens with one attached hydrogen (secondary N) is 2. The number of hydrogen-bond acceptors (Lipinski definition) is 4. The summed E-state index contributed by atoms with van der Waals surface area (Å²) < 4.78 is 19.0. The van der Waals surface area contributed by atoms with Crippen molar-refractivity contribution >= 4 is 11.6 Å². The van der Waals surface area contributed by atoms with E-state index in [1.54, 1.807) is 37.6 Å². The second kappa shape index (κ2) is 9.50. The van der Waals surface area contributed by atoms with E-state index in [0.717, 1.165) is 11.3 Å². The molecule has 0 spiro atoms. The van der Waals surface area contributed by atoms with Crippen LogP contribution in [-0.4, -0.2) is 24.5 Å². The Hall–Kier alpha value is -3.41. The number of aromatic nitrogens is 1. The first kappa shape index (κ1) is 19.4. The van der Waals surface area contributed by atoms with Crippen LogP contribution in [0.5, 0.6) is 5.75 Å². The maximum Gasteiger partial charge on any atom is 0.252 e. The Balaban J connectivity index is 1.55. The van der Waals surface area contributed by atoms with Crippen LogP contribution >= 0.6 is 0 Å². The second-order valence-electron chi connectivity index (χ2n) is 6.23. The molecule has 0 atom stereocenters. The molecule has 2 N–H and O–H groups in total. The van der Waals surface area contributed by atoms with Gasteiger partial charge in [0, 0.05) is 31.0 Å². The number of amides is 1. The summed E-state index contributed by atoms with van der Waals surface area (Å²) in [4.78, 5) is 16.5. The summed E-state index contributed by atoms with van der Waals surface area (Å²) in [5.41, 5.74) is 2.68. The molecule has 1 aromatic heterocycles. The Morgan fingerprint density at radius 2 is 1.82 bits per heavy atom. The average molecular weight is 379 g/mol. The van der Waals surface area contributed by atoms with Crippen molar-refractivity contribution in [2.75, 3.05) is 19.0 Å². The minimum Gasteiger partial charge on any atom is -0.496 e. The van der Waals surface area contributed by atoms with E-state index in [2.05, 4.69) is 15.6 Å². The predicted octanol–water partition coefficient (Wildman–Crippen LogP) is 3.81. The van der Waals surface area contributed by atoms with Gasteiger partial charge in [-0.25, -0.2) is 4.39 Å².